The molecule has 0 unspecified atom stereocenters. The van der Waals surface area contributed by atoms with Crippen molar-refractivity contribution in [1.29, 1.82) is 0 Å². The first-order chi connectivity index (χ1) is 10.9. The number of aryl methyl sites for hydroxylation is 1. The summed E-state index contributed by atoms with van der Waals surface area (Å²) in [6.45, 7) is 6.17. The van der Waals surface area contributed by atoms with Gasteiger partial charge in [-0.1, -0.05) is 35.8 Å². The van der Waals surface area contributed by atoms with E-state index in [1.807, 2.05) is 43.3 Å². The van der Waals surface area contributed by atoms with Gasteiger partial charge < -0.3 is 10.1 Å². The van der Waals surface area contributed by atoms with E-state index >= 15 is 0 Å². The van der Waals surface area contributed by atoms with Crippen molar-refractivity contribution in [3.05, 3.63) is 56.5 Å². The molecule has 0 bridgehead atoms. The third-order valence-electron chi connectivity index (χ3n) is 3.35. The van der Waals surface area contributed by atoms with Crippen LogP contribution >= 0.6 is 31.9 Å². The van der Waals surface area contributed by atoms with Crippen molar-refractivity contribution < 1.29 is 9.53 Å². The van der Waals surface area contributed by atoms with E-state index in [1.54, 1.807) is 0 Å². The van der Waals surface area contributed by atoms with Gasteiger partial charge in [0.25, 0.3) is 5.91 Å². The molecule has 0 saturated carbocycles. The Morgan fingerprint density at radius 3 is 2.57 bits per heavy atom. The molecule has 0 aromatic heterocycles. The van der Waals surface area contributed by atoms with Crippen LogP contribution in [-0.4, -0.2) is 12.5 Å². The number of ether oxygens (including phenoxy) is 1. The molecule has 1 amide bonds. The molecule has 0 aliphatic heterocycles. The maximum atomic E-state index is 12.1. The Morgan fingerprint density at radius 1 is 1.17 bits per heavy atom. The Hall–Kier alpha value is -1.33. The fourth-order valence-electron chi connectivity index (χ4n) is 2.15. The van der Waals surface area contributed by atoms with Crippen LogP contribution in [0.2, 0.25) is 0 Å². The van der Waals surface area contributed by atoms with Gasteiger partial charge in [-0.05, 0) is 70.2 Å². The molecule has 0 saturated heterocycles. The second-order valence-corrected chi connectivity index (χ2v) is 7.43. The summed E-state index contributed by atoms with van der Waals surface area (Å²) < 4.78 is 7.56. The smallest absolute Gasteiger partial charge is 0.262 e. The highest BCUT2D eigenvalue weighted by Gasteiger charge is 2.11. The summed E-state index contributed by atoms with van der Waals surface area (Å²) in [4.78, 5) is 12.1. The van der Waals surface area contributed by atoms with Gasteiger partial charge in [-0.2, -0.15) is 0 Å². The van der Waals surface area contributed by atoms with Crippen LogP contribution in [0.15, 0.2) is 45.3 Å². The minimum atomic E-state index is -0.188. The molecule has 0 radical (unpaired) electrons. The monoisotopic (exact) mass is 439 g/mol. The number of halogens is 2. The molecule has 0 aliphatic carbocycles. The molecule has 0 fully saturated rings. The zero-order valence-corrected chi connectivity index (χ0v) is 16.5. The van der Waals surface area contributed by atoms with Gasteiger partial charge in [-0.15, -0.1) is 0 Å². The SMILES string of the molecule is Cc1ccc(NC(=O)COc2ccc(Br)cc2C(C)C)c(Br)c1. The van der Waals surface area contributed by atoms with E-state index in [-0.39, 0.29) is 12.5 Å². The minimum Gasteiger partial charge on any atom is -0.483 e. The van der Waals surface area contributed by atoms with Gasteiger partial charge in [0.1, 0.15) is 5.75 Å². The molecule has 122 valence electrons. The van der Waals surface area contributed by atoms with Gasteiger partial charge in [0.15, 0.2) is 6.61 Å². The molecule has 2 aromatic rings. The van der Waals surface area contributed by atoms with Gasteiger partial charge in [-0.25, -0.2) is 0 Å². The van der Waals surface area contributed by atoms with Crippen molar-refractivity contribution in [2.45, 2.75) is 26.7 Å². The normalized spacial score (nSPS) is 10.7. The number of amides is 1. The van der Waals surface area contributed by atoms with Crippen molar-refractivity contribution in [2.24, 2.45) is 0 Å². The number of hydrogen-bond donors (Lipinski definition) is 1. The predicted molar refractivity (Wildman–Crippen MR) is 101 cm³/mol. The Bertz CT molecular complexity index is 714. The van der Waals surface area contributed by atoms with Crippen LogP contribution in [0.25, 0.3) is 0 Å². The number of hydrogen-bond acceptors (Lipinski definition) is 2. The molecule has 2 rings (SSSR count). The van der Waals surface area contributed by atoms with E-state index in [2.05, 4.69) is 51.0 Å². The van der Waals surface area contributed by atoms with E-state index in [9.17, 15) is 4.79 Å². The molecule has 0 heterocycles. The number of carbonyl (C=O) groups excluding carboxylic acids is 1. The molecule has 1 N–H and O–H groups in total. The summed E-state index contributed by atoms with van der Waals surface area (Å²) in [5.74, 6) is 0.866. The number of carbonyl (C=O) groups is 1. The summed E-state index contributed by atoms with van der Waals surface area (Å²) in [6.07, 6.45) is 0. The third-order valence-corrected chi connectivity index (χ3v) is 4.50. The van der Waals surface area contributed by atoms with Crippen molar-refractivity contribution in [1.82, 2.24) is 0 Å². The second-order valence-electron chi connectivity index (χ2n) is 5.66. The van der Waals surface area contributed by atoms with E-state index in [0.29, 0.717) is 5.92 Å². The third kappa shape index (κ3) is 5.08. The quantitative estimate of drug-likeness (QED) is 0.651. The molecular formula is C18H19Br2NO2. The molecule has 2 aromatic carbocycles. The Balaban J connectivity index is 2.02. The zero-order valence-electron chi connectivity index (χ0n) is 13.3. The fraction of sp³-hybridized carbons (Fsp3) is 0.278. The highest BCUT2D eigenvalue weighted by atomic mass is 79.9. The van der Waals surface area contributed by atoms with Crippen LogP contribution < -0.4 is 10.1 Å². The molecular weight excluding hydrogens is 422 g/mol. The van der Waals surface area contributed by atoms with Gasteiger partial charge in [0.2, 0.25) is 0 Å². The second kappa shape index (κ2) is 7.97. The number of anilines is 1. The highest BCUT2D eigenvalue weighted by Crippen LogP contribution is 2.29. The largest absolute Gasteiger partial charge is 0.483 e. The first-order valence-electron chi connectivity index (χ1n) is 7.35. The predicted octanol–water partition coefficient (Wildman–Crippen LogP) is 5.66. The number of benzene rings is 2. The Labute approximate surface area is 153 Å². The summed E-state index contributed by atoms with van der Waals surface area (Å²) in [7, 11) is 0. The molecule has 5 heteroatoms. The highest BCUT2D eigenvalue weighted by molar-refractivity contribution is 9.10. The van der Waals surface area contributed by atoms with Gasteiger partial charge >= 0.3 is 0 Å². The van der Waals surface area contributed by atoms with Crippen LogP contribution in [0.1, 0.15) is 30.9 Å². The lowest BCUT2D eigenvalue weighted by molar-refractivity contribution is -0.118. The first kappa shape index (κ1) is 18.0. The summed E-state index contributed by atoms with van der Waals surface area (Å²) >= 11 is 6.91. The molecule has 0 aliphatic rings. The Kier molecular flexibility index (Phi) is 6.25. The molecule has 23 heavy (non-hydrogen) atoms. The lowest BCUT2D eigenvalue weighted by Crippen LogP contribution is -2.20. The topological polar surface area (TPSA) is 38.3 Å². The van der Waals surface area contributed by atoms with Gasteiger partial charge in [0, 0.05) is 8.95 Å². The van der Waals surface area contributed by atoms with Crippen LogP contribution in [0.4, 0.5) is 5.69 Å². The summed E-state index contributed by atoms with van der Waals surface area (Å²) in [5, 5.41) is 2.85. The summed E-state index contributed by atoms with van der Waals surface area (Å²) in [5.41, 5.74) is 2.94. The van der Waals surface area contributed by atoms with Crippen LogP contribution in [0.3, 0.4) is 0 Å². The molecule has 0 atom stereocenters. The summed E-state index contributed by atoms with van der Waals surface area (Å²) in [6, 6.07) is 11.6. The van der Waals surface area contributed by atoms with Gasteiger partial charge in [0.05, 0.1) is 5.69 Å². The molecule has 3 nitrogen and oxygen atoms in total. The van der Waals surface area contributed by atoms with Crippen LogP contribution in [0.5, 0.6) is 5.75 Å². The lowest BCUT2D eigenvalue weighted by atomic mass is 10.0. The first-order valence-corrected chi connectivity index (χ1v) is 8.93. The average molecular weight is 441 g/mol. The van der Waals surface area contributed by atoms with Crippen molar-refractivity contribution in [3.8, 4) is 5.75 Å². The van der Waals surface area contributed by atoms with Crippen molar-refractivity contribution in [3.63, 3.8) is 0 Å². The van der Waals surface area contributed by atoms with E-state index in [4.69, 9.17) is 4.74 Å². The molecule has 0 spiro atoms. The minimum absolute atomic E-state index is 0.0261. The zero-order chi connectivity index (χ0) is 17.0. The van der Waals surface area contributed by atoms with E-state index in [0.717, 1.165) is 31.5 Å². The van der Waals surface area contributed by atoms with Crippen molar-refractivity contribution in [2.75, 3.05) is 11.9 Å². The van der Waals surface area contributed by atoms with E-state index < -0.39 is 0 Å². The lowest BCUT2D eigenvalue weighted by Gasteiger charge is -2.15. The number of rotatable bonds is 5. The van der Waals surface area contributed by atoms with Crippen LogP contribution in [-0.2, 0) is 4.79 Å². The maximum absolute atomic E-state index is 12.1. The number of nitrogens with one attached hydrogen (secondary N) is 1. The van der Waals surface area contributed by atoms with Crippen LogP contribution in [0, 0.1) is 6.92 Å². The average Bonchev–Trinajstić information content (AvgIpc) is 2.48. The standard InChI is InChI=1S/C18H19Br2NO2/c1-11(2)14-9-13(19)5-7-17(14)23-10-18(22)21-16-6-4-12(3)8-15(16)20/h4-9,11H,10H2,1-3H3,(H,21,22). The Morgan fingerprint density at radius 2 is 1.91 bits per heavy atom. The maximum Gasteiger partial charge on any atom is 0.262 e. The van der Waals surface area contributed by atoms with Crippen molar-refractivity contribution >= 4 is 43.5 Å². The van der Waals surface area contributed by atoms with Gasteiger partial charge in [-0.3, -0.25) is 4.79 Å². The fourth-order valence-corrected chi connectivity index (χ4v) is 3.12. The van der Waals surface area contributed by atoms with E-state index in [1.165, 1.54) is 0 Å².